The van der Waals surface area contributed by atoms with Crippen LogP contribution in [0.25, 0.3) is 0 Å². The maximum atomic E-state index is 6.26. The molecule has 3 aliphatic rings. The predicted octanol–water partition coefficient (Wildman–Crippen LogP) is 1.67. The zero-order chi connectivity index (χ0) is 12.6. The van der Waals surface area contributed by atoms with Gasteiger partial charge in [0, 0.05) is 31.2 Å². The summed E-state index contributed by atoms with van der Waals surface area (Å²) < 4.78 is 0. The minimum Gasteiger partial charge on any atom is -0.329 e. The number of rotatable bonds is 4. The molecule has 0 radical (unpaired) electrons. The van der Waals surface area contributed by atoms with Crippen molar-refractivity contribution >= 4 is 0 Å². The quantitative estimate of drug-likeness (QED) is 0.825. The van der Waals surface area contributed by atoms with E-state index in [-0.39, 0.29) is 0 Å². The summed E-state index contributed by atoms with van der Waals surface area (Å²) in [6.45, 7) is 8.40. The van der Waals surface area contributed by atoms with Crippen molar-refractivity contribution in [3.8, 4) is 0 Å². The fourth-order valence-electron chi connectivity index (χ4n) is 4.82. The van der Waals surface area contributed by atoms with Crippen molar-refractivity contribution in [3.63, 3.8) is 0 Å². The molecule has 3 saturated heterocycles. The van der Waals surface area contributed by atoms with Gasteiger partial charge in [0.05, 0.1) is 0 Å². The number of fused-ring (bicyclic) bond motifs is 1. The SMILES string of the molecule is CCCC1CCN(C2(CN)CCN3CCCC32)C1. The molecule has 0 aromatic heterocycles. The molecule has 3 nitrogen and oxygen atoms in total. The Morgan fingerprint density at radius 3 is 2.89 bits per heavy atom. The second kappa shape index (κ2) is 5.10. The lowest BCUT2D eigenvalue weighted by atomic mass is 9.86. The van der Waals surface area contributed by atoms with Crippen LogP contribution in [0.15, 0.2) is 0 Å². The molecule has 104 valence electrons. The number of nitrogens with zero attached hydrogens (tertiary/aromatic N) is 2. The molecule has 3 aliphatic heterocycles. The summed E-state index contributed by atoms with van der Waals surface area (Å²) in [6.07, 6.45) is 8.23. The van der Waals surface area contributed by atoms with Gasteiger partial charge < -0.3 is 5.73 Å². The molecule has 3 heteroatoms. The Hall–Kier alpha value is -0.120. The Balaban J connectivity index is 1.72. The van der Waals surface area contributed by atoms with Gasteiger partial charge in [-0.2, -0.15) is 0 Å². The van der Waals surface area contributed by atoms with Gasteiger partial charge in [0.15, 0.2) is 0 Å². The molecule has 0 amide bonds. The highest BCUT2D eigenvalue weighted by molar-refractivity contribution is 5.10. The molecule has 18 heavy (non-hydrogen) atoms. The normalized spacial score (nSPS) is 41.7. The molecule has 0 saturated carbocycles. The van der Waals surface area contributed by atoms with Gasteiger partial charge in [0.25, 0.3) is 0 Å². The van der Waals surface area contributed by atoms with E-state index in [0.29, 0.717) is 5.54 Å². The summed E-state index contributed by atoms with van der Waals surface area (Å²) in [7, 11) is 0. The van der Waals surface area contributed by atoms with Crippen LogP contribution in [0.5, 0.6) is 0 Å². The molecule has 0 spiro atoms. The Morgan fingerprint density at radius 2 is 2.11 bits per heavy atom. The standard InChI is InChI=1S/C15H29N3/c1-2-4-13-6-9-18(11-13)15(12-16)7-10-17-8-3-5-14(15)17/h13-14H,2-12,16H2,1H3. The van der Waals surface area contributed by atoms with E-state index in [0.717, 1.165) is 18.5 Å². The van der Waals surface area contributed by atoms with Crippen molar-refractivity contribution in [1.82, 2.24) is 9.80 Å². The molecule has 3 fully saturated rings. The minimum atomic E-state index is 0.332. The zero-order valence-electron chi connectivity index (χ0n) is 11.9. The van der Waals surface area contributed by atoms with Crippen LogP contribution in [0.3, 0.4) is 0 Å². The van der Waals surface area contributed by atoms with E-state index in [9.17, 15) is 0 Å². The lowest BCUT2D eigenvalue weighted by Gasteiger charge is -2.42. The molecule has 0 aliphatic carbocycles. The van der Waals surface area contributed by atoms with Crippen LogP contribution in [0.1, 0.15) is 45.4 Å². The summed E-state index contributed by atoms with van der Waals surface area (Å²) in [5, 5.41) is 0. The maximum absolute atomic E-state index is 6.26. The monoisotopic (exact) mass is 251 g/mol. The van der Waals surface area contributed by atoms with Gasteiger partial charge in [-0.1, -0.05) is 13.3 Å². The summed E-state index contributed by atoms with van der Waals surface area (Å²) >= 11 is 0. The number of likely N-dealkylation sites (tertiary alicyclic amines) is 1. The first-order chi connectivity index (χ1) is 8.80. The van der Waals surface area contributed by atoms with E-state index in [4.69, 9.17) is 5.73 Å². The number of hydrogen-bond donors (Lipinski definition) is 1. The van der Waals surface area contributed by atoms with Crippen LogP contribution < -0.4 is 5.73 Å². The fraction of sp³-hybridized carbons (Fsp3) is 1.00. The molecule has 0 bridgehead atoms. The summed E-state index contributed by atoms with van der Waals surface area (Å²) in [5.74, 6) is 0.939. The van der Waals surface area contributed by atoms with E-state index in [1.807, 2.05) is 0 Å². The average Bonchev–Trinajstić information content (AvgIpc) is 3.04. The third-order valence-electron chi connectivity index (χ3n) is 5.78. The Kier molecular flexibility index (Phi) is 3.65. The fourth-order valence-corrected chi connectivity index (χ4v) is 4.82. The first-order valence-electron chi connectivity index (χ1n) is 7.99. The highest BCUT2D eigenvalue weighted by Crippen LogP contribution is 2.42. The van der Waals surface area contributed by atoms with Crippen LogP contribution >= 0.6 is 0 Å². The highest BCUT2D eigenvalue weighted by atomic mass is 15.3. The van der Waals surface area contributed by atoms with Crippen LogP contribution in [0.4, 0.5) is 0 Å². The third-order valence-corrected chi connectivity index (χ3v) is 5.78. The van der Waals surface area contributed by atoms with Gasteiger partial charge >= 0.3 is 0 Å². The van der Waals surface area contributed by atoms with Crippen molar-refractivity contribution in [2.75, 3.05) is 32.7 Å². The van der Waals surface area contributed by atoms with E-state index >= 15 is 0 Å². The van der Waals surface area contributed by atoms with E-state index in [1.165, 1.54) is 64.7 Å². The van der Waals surface area contributed by atoms with Gasteiger partial charge in [-0.3, -0.25) is 9.80 Å². The van der Waals surface area contributed by atoms with Gasteiger partial charge in [0.1, 0.15) is 0 Å². The van der Waals surface area contributed by atoms with Crippen molar-refractivity contribution in [3.05, 3.63) is 0 Å². The minimum absolute atomic E-state index is 0.332. The molecular weight excluding hydrogens is 222 g/mol. The van der Waals surface area contributed by atoms with Gasteiger partial charge in [-0.05, 0) is 51.1 Å². The summed E-state index contributed by atoms with van der Waals surface area (Å²) in [4.78, 5) is 5.49. The first kappa shape index (κ1) is 12.9. The summed E-state index contributed by atoms with van der Waals surface area (Å²) in [6, 6.07) is 0.767. The van der Waals surface area contributed by atoms with Gasteiger partial charge in [-0.15, -0.1) is 0 Å². The Bertz CT molecular complexity index is 293. The Morgan fingerprint density at radius 1 is 1.22 bits per heavy atom. The Labute approximate surface area is 112 Å². The molecule has 3 atom stereocenters. The van der Waals surface area contributed by atoms with E-state index < -0.39 is 0 Å². The number of nitrogens with two attached hydrogens (primary N) is 1. The van der Waals surface area contributed by atoms with Crippen LogP contribution in [0.2, 0.25) is 0 Å². The zero-order valence-corrected chi connectivity index (χ0v) is 11.9. The van der Waals surface area contributed by atoms with Gasteiger partial charge in [-0.25, -0.2) is 0 Å². The van der Waals surface area contributed by atoms with Crippen molar-refractivity contribution in [2.24, 2.45) is 11.7 Å². The second-order valence-corrected chi connectivity index (χ2v) is 6.64. The van der Waals surface area contributed by atoms with Crippen LogP contribution in [0, 0.1) is 5.92 Å². The molecule has 3 unspecified atom stereocenters. The molecule has 0 aromatic rings. The molecule has 2 N–H and O–H groups in total. The number of hydrogen-bond acceptors (Lipinski definition) is 3. The van der Waals surface area contributed by atoms with Crippen LogP contribution in [-0.4, -0.2) is 54.1 Å². The molecular formula is C15H29N3. The predicted molar refractivity (Wildman–Crippen MR) is 75.6 cm³/mol. The largest absolute Gasteiger partial charge is 0.329 e. The summed E-state index contributed by atoms with van der Waals surface area (Å²) in [5.41, 5.74) is 6.59. The third kappa shape index (κ3) is 1.91. The van der Waals surface area contributed by atoms with Crippen molar-refractivity contribution in [2.45, 2.75) is 57.0 Å². The van der Waals surface area contributed by atoms with Crippen molar-refractivity contribution in [1.29, 1.82) is 0 Å². The smallest absolute Gasteiger partial charge is 0.0498 e. The van der Waals surface area contributed by atoms with Gasteiger partial charge in [0.2, 0.25) is 0 Å². The second-order valence-electron chi connectivity index (χ2n) is 6.64. The topological polar surface area (TPSA) is 32.5 Å². The average molecular weight is 251 g/mol. The maximum Gasteiger partial charge on any atom is 0.0498 e. The first-order valence-corrected chi connectivity index (χ1v) is 7.99. The highest BCUT2D eigenvalue weighted by Gasteiger charge is 2.52. The molecule has 0 aromatic carbocycles. The van der Waals surface area contributed by atoms with Crippen molar-refractivity contribution < 1.29 is 0 Å². The van der Waals surface area contributed by atoms with E-state index in [2.05, 4.69) is 16.7 Å². The van der Waals surface area contributed by atoms with Crippen LogP contribution in [-0.2, 0) is 0 Å². The lowest BCUT2D eigenvalue weighted by Crippen LogP contribution is -2.59. The van der Waals surface area contributed by atoms with E-state index in [1.54, 1.807) is 0 Å². The molecule has 3 heterocycles. The molecule has 3 rings (SSSR count). The lowest BCUT2D eigenvalue weighted by molar-refractivity contribution is 0.0847.